The Bertz CT molecular complexity index is 863. The summed E-state index contributed by atoms with van der Waals surface area (Å²) in [5, 5.41) is 40.3. The lowest BCUT2D eigenvalue weighted by molar-refractivity contribution is 0.348. The molecule has 31 heavy (non-hydrogen) atoms. The molecule has 0 atom stereocenters. The van der Waals surface area contributed by atoms with Crippen molar-refractivity contribution in [2.75, 3.05) is 0 Å². The molecule has 0 fully saturated rings. The molecule has 2 aliphatic rings. The van der Waals surface area contributed by atoms with E-state index in [1.54, 1.807) is 24.3 Å². The molecule has 0 bridgehead atoms. The SMILES string of the molecule is CC1(C)CC2(CC(C)(C)c3cc(O)c(O)cc32)c2cc(O)c(O)cc21.CCC.CCC. The summed E-state index contributed by atoms with van der Waals surface area (Å²) >= 11 is 0. The van der Waals surface area contributed by atoms with Gasteiger partial charge in [0.25, 0.3) is 0 Å². The molecule has 2 aliphatic carbocycles. The lowest BCUT2D eigenvalue weighted by Crippen LogP contribution is -2.26. The van der Waals surface area contributed by atoms with E-state index < -0.39 is 0 Å². The van der Waals surface area contributed by atoms with Crippen LogP contribution in [0.5, 0.6) is 23.0 Å². The number of aromatic hydroxyl groups is 4. The van der Waals surface area contributed by atoms with Crippen LogP contribution >= 0.6 is 0 Å². The summed E-state index contributed by atoms with van der Waals surface area (Å²) in [6, 6.07) is 6.69. The van der Waals surface area contributed by atoms with Crippen molar-refractivity contribution in [1.82, 2.24) is 0 Å². The Hall–Kier alpha value is -2.36. The van der Waals surface area contributed by atoms with Gasteiger partial charge in [0, 0.05) is 5.41 Å². The molecule has 0 saturated carbocycles. The summed E-state index contributed by atoms with van der Waals surface area (Å²) < 4.78 is 0. The highest BCUT2D eigenvalue weighted by atomic mass is 16.3. The summed E-state index contributed by atoms with van der Waals surface area (Å²) in [6.07, 6.45) is 4.14. The third-order valence-corrected chi connectivity index (χ3v) is 6.21. The van der Waals surface area contributed by atoms with Crippen LogP contribution in [0.1, 0.15) is 103 Å². The standard InChI is InChI=1S/C21H24O4.2C3H8/c1-19(2)9-21(13-7-17(24)15(22)5-11(13)19)10-20(3,4)12-6-16(23)18(25)8-14(12)21;2*1-3-2/h5-8,22-25H,9-10H2,1-4H3;2*3H2,1-2H3. The van der Waals surface area contributed by atoms with Crippen molar-refractivity contribution in [2.24, 2.45) is 0 Å². The number of phenolic OH excluding ortho intramolecular Hbond substituents is 4. The van der Waals surface area contributed by atoms with Gasteiger partial charge in [0.2, 0.25) is 0 Å². The second kappa shape index (κ2) is 8.64. The minimum Gasteiger partial charge on any atom is -0.504 e. The Morgan fingerprint density at radius 1 is 0.548 bits per heavy atom. The number of benzene rings is 2. The summed E-state index contributed by atoms with van der Waals surface area (Å²) in [6.45, 7) is 17.1. The molecule has 1 spiro atoms. The van der Waals surface area contributed by atoms with Crippen LogP contribution < -0.4 is 0 Å². The number of hydrogen-bond acceptors (Lipinski definition) is 4. The molecule has 0 unspecified atom stereocenters. The molecule has 172 valence electrons. The van der Waals surface area contributed by atoms with Gasteiger partial charge < -0.3 is 20.4 Å². The first kappa shape index (κ1) is 24.9. The fraction of sp³-hybridized carbons (Fsp3) is 0.556. The molecule has 4 N–H and O–H groups in total. The lowest BCUT2D eigenvalue weighted by Gasteiger charge is -2.30. The van der Waals surface area contributed by atoms with E-state index in [4.69, 9.17) is 0 Å². The molecule has 0 amide bonds. The first-order valence-electron chi connectivity index (χ1n) is 11.4. The monoisotopic (exact) mass is 428 g/mol. The first-order valence-corrected chi connectivity index (χ1v) is 11.4. The molecule has 4 nitrogen and oxygen atoms in total. The van der Waals surface area contributed by atoms with Crippen molar-refractivity contribution >= 4 is 0 Å². The number of phenols is 4. The fourth-order valence-electron chi connectivity index (χ4n) is 5.35. The molecule has 0 saturated heterocycles. The summed E-state index contributed by atoms with van der Waals surface area (Å²) in [7, 11) is 0. The molecular weight excluding hydrogens is 388 g/mol. The van der Waals surface area contributed by atoms with Crippen LogP contribution in [-0.2, 0) is 16.2 Å². The van der Waals surface area contributed by atoms with Gasteiger partial charge in [-0.25, -0.2) is 0 Å². The van der Waals surface area contributed by atoms with Gasteiger partial charge >= 0.3 is 0 Å². The molecule has 0 aliphatic heterocycles. The maximum atomic E-state index is 10.1. The van der Waals surface area contributed by atoms with Crippen LogP contribution in [0.25, 0.3) is 0 Å². The van der Waals surface area contributed by atoms with Crippen LogP contribution in [0.4, 0.5) is 0 Å². The normalized spacial score (nSPS) is 18.3. The highest BCUT2D eigenvalue weighted by molar-refractivity contribution is 5.65. The Labute approximate surface area is 187 Å². The Kier molecular flexibility index (Phi) is 6.94. The minimum absolute atomic E-state index is 0.102. The maximum absolute atomic E-state index is 10.1. The van der Waals surface area contributed by atoms with Crippen LogP contribution in [0, 0.1) is 0 Å². The van der Waals surface area contributed by atoms with E-state index in [9.17, 15) is 20.4 Å². The number of rotatable bonds is 0. The smallest absolute Gasteiger partial charge is 0.157 e. The van der Waals surface area contributed by atoms with Gasteiger partial charge in [0.1, 0.15) is 0 Å². The molecule has 4 rings (SSSR count). The van der Waals surface area contributed by atoms with Gasteiger partial charge in [-0.2, -0.15) is 0 Å². The number of hydrogen-bond donors (Lipinski definition) is 4. The third-order valence-electron chi connectivity index (χ3n) is 6.21. The third kappa shape index (κ3) is 4.22. The van der Waals surface area contributed by atoms with Crippen molar-refractivity contribution in [3.8, 4) is 23.0 Å². The average molecular weight is 429 g/mol. The van der Waals surface area contributed by atoms with Crippen molar-refractivity contribution in [3.05, 3.63) is 46.5 Å². The number of fused-ring (bicyclic) bond motifs is 4. The summed E-state index contributed by atoms with van der Waals surface area (Å²) in [5.74, 6) is -0.444. The quantitative estimate of drug-likeness (QED) is 0.341. The van der Waals surface area contributed by atoms with Crippen molar-refractivity contribution in [1.29, 1.82) is 0 Å². The molecule has 4 heteroatoms. The predicted molar refractivity (Wildman–Crippen MR) is 128 cm³/mol. The van der Waals surface area contributed by atoms with Gasteiger partial charge in [-0.3, -0.25) is 0 Å². The zero-order valence-electron chi connectivity index (χ0n) is 20.4. The largest absolute Gasteiger partial charge is 0.504 e. The molecule has 2 aromatic carbocycles. The zero-order valence-corrected chi connectivity index (χ0v) is 20.4. The lowest BCUT2D eigenvalue weighted by atomic mass is 9.72. The molecule has 0 radical (unpaired) electrons. The highest BCUT2D eigenvalue weighted by Gasteiger charge is 2.56. The van der Waals surface area contributed by atoms with Crippen LogP contribution in [0.15, 0.2) is 24.3 Å². The summed E-state index contributed by atoms with van der Waals surface area (Å²) in [4.78, 5) is 0. The summed E-state index contributed by atoms with van der Waals surface area (Å²) in [5.41, 5.74) is 3.36. The van der Waals surface area contributed by atoms with Crippen LogP contribution in [-0.4, -0.2) is 20.4 Å². The van der Waals surface area contributed by atoms with Gasteiger partial charge in [0.15, 0.2) is 23.0 Å². The molecular formula is C27H40O4. The van der Waals surface area contributed by atoms with Crippen molar-refractivity contribution in [3.63, 3.8) is 0 Å². The van der Waals surface area contributed by atoms with E-state index in [0.717, 1.165) is 35.1 Å². The van der Waals surface area contributed by atoms with Gasteiger partial charge in [0.05, 0.1) is 0 Å². The fourth-order valence-corrected chi connectivity index (χ4v) is 5.35. The Morgan fingerprint density at radius 3 is 1.03 bits per heavy atom. The van der Waals surface area contributed by atoms with E-state index in [0.29, 0.717) is 0 Å². The van der Waals surface area contributed by atoms with Gasteiger partial charge in [-0.1, -0.05) is 68.2 Å². The van der Waals surface area contributed by atoms with Crippen molar-refractivity contribution in [2.45, 2.75) is 97.3 Å². The van der Waals surface area contributed by atoms with Crippen molar-refractivity contribution < 1.29 is 20.4 Å². The van der Waals surface area contributed by atoms with Crippen LogP contribution in [0.2, 0.25) is 0 Å². The molecule has 2 aromatic rings. The van der Waals surface area contributed by atoms with Gasteiger partial charge in [-0.15, -0.1) is 0 Å². The van der Waals surface area contributed by atoms with E-state index in [1.165, 1.54) is 12.8 Å². The average Bonchev–Trinajstić information content (AvgIpc) is 2.98. The van der Waals surface area contributed by atoms with E-state index in [-0.39, 0.29) is 39.2 Å². The zero-order chi connectivity index (χ0) is 23.8. The Balaban J connectivity index is 0.000000513. The molecule has 0 heterocycles. The second-order valence-corrected chi connectivity index (χ2v) is 10.4. The topological polar surface area (TPSA) is 80.9 Å². The second-order valence-electron chi connectivity index (χ2n) is 10.4. The predicted octanol–water partition coefficient (Wildman–Crippen LogP) is 6.99. The highest BCUT2D eigenvalue weighted by Crippen LogP contribution is 2.64. The Morgan fingerprint density at radius 2 is 0.774 bits per heavy atom. The van der Waals surface area contributed by atoms with E-state index in [2.05, 4.69) is 55.4 Å². The minimum atomic E-state index is -0.353. The maximum Gasteiger partial charge on any atom is 0.157 e. The van der Waals surface area contributed by atoms with Crippen LogP contribution in [0.3, 0.4) is 0 Å². The van der Waals surface area contributed by atoms with Gasteiger partial charge in [-0.05, 0) is 70.2 Å². The first-order chi connectivity index (χ1) is 14.3. The van der Waals surface area contributed by atoms with E-state index >= 15 is 0 Å². The van der Waals surface area contributed by atoms with E-state index in [1.807, 2.05) is 0 Å². The molecule has 0 aromatic heterocycles.